The molecule has 3 nitrogen and oxygen atoms in total. The van der Waals surface area contributed by atoms with Crippen molar-refractivity contribution >= 4 is 17.8 Å². The summed E-state index contributed by atoms with van der Waals surface area (Å²) in [4.78, 5) is 11.8. The van der Waals surface area contributed by atoms with E-state index in [2.05, 4.69) is 16.9 Å². The van der Waals surface area contributed by atoms with Crippen molar-refractivity contribution in [1.29, 1.82) is 0 Å². The van der Waals surface area contributed by atoms with Crippen molar-refractivity contribution in [3.63, 3.8) is 0 Å². The highest BCUT2D eigenvalue weighted by atomic mass is 32.2. The standard InChI is InChI=1S/C15H22N2OS/c1-19-15(9-5-6-10-15)12-17-14(18)16-11-13-7-3-2-4-8-13/h2-4,7-8H,5-6,9-12H2,1H3,(H2,16,17,18). The number of urea groups is 1. The van der Waals surface area contributed by atoms with Crippen molar-refractivity contribution < 1.29 is 4.79 Å². The van der Waals surface area contributed by atoms with Crippen molar-refractivity contribution in [2.75, 3.05) is 12.8 Å². The summed E-state index contributed by atoms with van der Waals surface area (Å²) in [5.41, 5.74) is 1.12. The van der Waals surface area contributed by atoms with Gasteiger partial charge in [0.05, 0.1) is 0 Å². The molecule has 2 rings (SSSR count). The van der Waals surface area contributed by atoms with Crippen LogP contribution in [0.5, 0.6) is 0 Å². The molecule has 1 aliphatic carbocycles. The van der Waals surface area contributed by atoms with Crippen LogP contribution in [0, 0.1) is 0 Å². The highest BCUT2D eigenvalue weighted by Crippen LogP contribution is 2.39. The number of hydrogen-bond acceptors (Lipinski definition) is 2. The molecule has 1 fully saturated rings. The van der Waals surface area contributed by atoms with Gasteiger partial charge in [-0.25, -0.2) is 4.79 Å². The first kappa shape index (κ1) is 14.3. The number of benzene rings is 1. The fourth-order valence-corrected chi connectivity index (χ4v) is 3.47. The Bertz CT molecular complexity index is 402. The van der Waals surface area contributed by atoms with Gasteiger partial charge in [0.25, 0.3) is 0 Å². The molecule has 0 radical (unpaired) electrons. The van der Waals surface area contributed by atoms with Gasteiger partial charge in [0, 0.05) is 17.8 Å². The first-order chi connectivity index (χ1) is 9.24. The third kappa shape index (κ3) is 4.16. The Hall–Kier alpha value is -1.16. The summed E-state index contributed by atoms with van der Waals surface area (Å²) in [5.74, 6) is 0. The maximum absolute atomic E-state index is 11.8. The molecule has 1 aromatic carbocycles. The lowest BCUT2D eigenvalue weighted by Gasteiger charge is -2.26. The van der Waals surface area contributed by atoms with Gasteiger partial charge in [-0.2, -0.15) is 11.8 Å². The zero-order chi connectivity index (χ0) is 13.6. The maximum atomic E-state index is 11.8. The van der Waals surface area contributed by atoms with Gasteiger partial charge in [-0.05, 0) is 24.7 Å². The van der Waals surface area contributed by atoms with Gasteiger partial charge >= 0.3 is 6.03 Å². The van der Waals surface area contributed by atoms with Crippen molar-refractivity contribution in [2.45, 2.75) is 37.0 Å². The molecule has 0 aromatic heterocycles. The van der Waals surface area contributed by atoms with Gasteiger partial charge in [0.2, 0.25) is 0 Å². The first-order valence-electron chi connectivity index (χ1n) is 6.85. The van der Waals surface area contributed by atoms with Crippen LogP contribution < -0.4 is 10.6 Å². The molecule has 0 aliphatic heterocycles. The summed E-state index contributed by atoms with van der Waals surface area (Å²) in [6, 6.07) is 9.91. The third-order valence-electron chi connectivity index (χ3n) is 3.81. The smallest absolute Gasteiger partial charge is 0.315 e. The molecule has 19 heavy (non-hydrogen) atoms. The monoisotopic (exact) mass is 278 g/mol. The van der Waals surface area contributed by atoms with Crippen LogP contribution in [0.4, 0.5) is 4.79 Å². The second kappa shape index (κ2) is 6.85. The fourth-order valence-electron chi connectivity index (χ4n) is 2.55. The Morgan fingerprint density at radius 1 is 1.21 bits per heavy atom. The highest BCUT2D eigenvalue weighted by Gasteiger charge is 2.33. The molecule has 0 spiro atoms. The molecule has 0 bridgehead atoms. The quantitative estimate of drug-likeness (QED) is 0.868. The van der Waals surface area contributed by atoms with Crippen molar-refractivity contribution in [2.24, 2.45) is 0 Å². The molecule has 1 aromatic rings. The molecule has 104 valence electrons. The number of amides is 2. The van der Waals surface area contributed by atoms with E-state index >= 15 is 0 Å². The summed E-state index contributed by atoms with van der Waals surface area (Å²) in [7, 11) is 0. The summed E-state index contributed by atoms with van der Waals surface area (Å²) in [6.07, 6.45) is 7.15. The van der Waals surface area contributed by atoms with E-state index < -0.39 is 0 Å². The number of carbonyl (C=O) groups excluding carboxylic acids is 1. The van der Waals surface area contributed by atoms with Crippen molar-refractivity contribution in [3.8, 4) is 0 Å². The minimum Gasteiger partial charge on any atom is -0.337 e. The second-order valence-electron chi connectivity index (χ2n) is 5.12. The number of carbonyl (C=O) groups is 1. The topological polar surface area (TPSA) is 41.1 Å². The van der Waals surface area contributed by atoms with Crippen LogP contribution in [-0.2, 0) is 6.54 Å². The summed E-state index contributed by atoms with van der Waals surface area (Å²) in [6.45, 7) is 1.35. The molecule has 2 N–H and O–H groups in total. The van der Waals surface area contributed by atoms with Crippen LogP contribution in [0.25, 0.3) is 0 Å². The van der Waals surface area contributed by atoms with Crippen molar-refractivity contribution in [1.82, 2.24) is 10.6 Å². The van der Waals surface area contributed by atoms with E-state index in [-0.39, 0.29) is 10.8 Å². The summed E-state index contributed by atoms with van der Waals surface area (Å²) < 4.78 is 0.268. The number of hydrogen-bond donors (Lipinski definition) is 2. The van der Waals surface area contributed by atoms with Crippen LogP contribution in [0.15, 0.2) is 30.3 Å². The van der Waals surface area contributed by atoms with E-state index in [4.69, 9.17) is 0 Å². The number of rotatable bonds is 5. The number of nitrogens with one attached hydrogen (secondary N) is 2. The van der Waals surface area contributed by atoms with Crippen molar-refractivity contribution in [3.05, 3.63) is 35.9 Å². The SMILES string of the molecule is CSC1(CNC(=O)NCc2ccccc2)CCCC1. The molecule has 1 saturated carbocycles. The molecular weight excluding hydrogens is 256 g/mol. The molecule has 2 amide bonds. The lowest BCUT2D eigenvalue weighted by Crippen LogP contribution is -2.43. The van der Waals surface area contributed by atoms with Gasteiger partial charge in [0.15, 0.2) is 0 Å². The largest absolute Gasteiger partial charge is 0.337 e. The Morgan fingerprint density at radius 2 is 1.89 bits per heavy atom. The number of thioether (sulfide) groups is 1. The van der Waals surface area contributed by atoms with E-state index in [1.54, 1.807) is 0 Å². The predicted molar refractivity (Wildman–Crippen MR) is 81.4 cm³/mol. The lowest BCUT2D eigenvalue weighted by molar-refractivity contribution is 0.239. The van der Waals surface area contributed by atoms with Gasteiger partial charge in [-0.1, -0.05) is 43.2 Å². The average Bonchev–Trinajstić information content (AvgIpc) is 2.93. The molecule has 1 aliphatic rings. The Balaban J connectivity index is 1.72. The van der Waals surface area contributed by atoms with Crippen LogP contribution in [0.1, 0.15) is 31.2 Å². The third-order valence-corrected chi connectivity index (χ3v) is 5.23. The van der Waals surface area contributed by atoms with Gasteiger partial charge in [0.1, 0.15) is 0 Å². The zero-order valence-electron chi connectivity index (χ0n) is 11.4. The minimum atomic E-state index is -0.0656. The highest BCUT2D eigenvalue weighted by molar-refractivity contribution is 8.00. The van der Waals surface area contributed by atoms with E-state index in [0.29, 0.717) is 6.54 Å². The molecule has 0 unspecified atom stereocenters. The first-order valence-corrected chi connectivity index (χ1v) is 8.07. The van der Waals surface area contributed by atoms with E-state index in [1.807, 2.05) is 42.1 Å². The van der Waals surface area contributed by atoms with Crippen LogP contribution >= 0.6 is 11.8 Å². The van der Waals surface area contributed by atoms with Gasteiger partial charge in [-0.3, -0.25) is 0 Å². The van der Waals surface area contributed by atoms with E-state index in [0.717, 1.165) is 12.1 Å². The maximum Gasteiger partial charge on any atom is 0.315 e. The van der Waals surface area contributed by atoms with Crippen LogP contribution in [0.3, 0.4) is 0 Å². The Labute approximate surface area is 119 Å². The molecule has 0 saturated heterocycles. The average molecular weight is 278 g/mol. The molecule has 0 atom stereocenters. The minimum absolute atomic E-state index is 0.0656. The molecule has 4 heteroatoms. The zero-order valence-corrected chi connectivity index (χ0v) is 12.3. The fraction of sp³-hybridized carbons (Fsp3) is 0.533. The van der Waals surface area contributed by atoms with Gasteiger partial charge < -0.3 is 10.6 Å². The van der Waals surface area contributed by atoms with Gasteiger partial charge in [-0.15, -0.1) is 0 Å². The van der Waals surface area contributed by atoms with Crippen LogP contribution in [0.2, 0.25) is 0 Å². The summed E-state index contributed by atoms with van der Waals surface area (Å²) in [5, 5.41) is 5.92. The Morgan fingerprint density at radius 3 is 2.53 bits per heavy atom. The normalized spacial score (nSPS) is 17.1. The predicted octanol–water partition coefficient (Wildman–Crippen LogP) is 3.16. The molecule has 0 heterocycles. The van der Waals surface area contributed by atoms with E-state index in [1.165, 1.54) is 25.7 Å². The molecular formula is C15H22N2OS. The Kier molecular flexibility index (Phi) is 5.14. The lowest BCUT2D eigenvalue weighted by atomic mass is 10.1. The second-order valence-corrected chi connectivity index (χ2v) is 6.39. The van der Waals surface area contributed by atoms with Crippen LogP contribution in [-0.4, -0.2) is 23.6 Å². The van der Waals surface area contributed by atoms with E-state index in [9.17, 15) is 4.79 Å². The summed E-state index contributed by atoms with van der Waals surface area (Å²) >= 11 is 1.89.